The summed E-state index contributed by atoms with van der Waals surface area (Å²) in [6, 6.07) is 8.37. The molecule has 0 amide bonds. The minimum Gasteiger partial charge on any atom is -0.326 e. The molecule has 1 fully saturated rings. The van der Waals surface area contributed by atoms with Gasteiger partial charge in [0.1, 0.15) is 0 Å². The summed E-state index contributed by atoms with van der Waals surface area (Å²) in [6.45, 7) is 4.54. The highest BCUT2D eigenvalue weighted by molar-refractivity contribution is 7.99. The zero-order valence-electron chi connectivity index (χ0n) is 10.4. The van der Waals surface area contributed by atoms with Crippen LogP contribution in [0.15, 0.2) is 24.3 Å². The average molecular weight is 270 g/mol. The molecule has 2 N–H and O–H groups in total. The maximum atomic E-state index is 6.31. The molecule has 1 nitrogen and oxygen atoms in total. The van der Waals surface area contributed by atoms with Gasteiger partial charge >= 0.3 is 0 Å². The van der Waals surface area contributed by atoms with Crippen molar-refractivity contribution < 1.29 is 0 Å². The van der Waals surface area contributed by atoms with E-state index < -0.39 is 0 Å². The normalized spacial score (nSPS) is 27.3. The van der Waals surface area contributed by atoms with Crippen molar-refractivity contribution in [2.24, 2.45) is 11.1 Å². The third-order valence-electron chi connectivity index (χ3n) is 3.79. The smallest absolute Gasteiger partial charge is 0.0446 e. The summed E-state index contributed by atoms with van der Waals surface area (Å²) in [5, 5.41) is 1.44. The van der Waals surface area contributed by atoms with Crippen molar-refractivity contribution >= 4 is 23.4 Å². The SMILES string of the molecule is CC1(C)CCC(SCc2ccccc2Cl)C1N. The van der Waals surface area contributed by atoms with Gasteiger partial charge in [-0.05, 0) is 29.9 Å². The second-order valence-corrected chi connectivity index (χ2v) is 7.13. The lowest BCUT2D eigenvalue weighted by atomic mass is 9.88. The van der Waals surface area contributed by atoms with Crippen LogP contribution < -0.4 is 5.73 Å². The van der Waals surface area contributed by atoms with Crippen LogP contribution in [0.2, 0.25) is 5.02 Å². The molecular formula is C14H20ClNS. The molecule has 1 aliphatic rings. The third kappa shape index (κ3) is 2.98. The Hall–Kier alpha value is -0.180. The van der Waals surface area contributed by atoms with Crippen LogP contribution in [-0.2, 0) is 5.75 Å². The molecule has 3 heteroatoms. The maximum Gasteiger partial charge on any atom is 0.0446 e. The zero-order chi connectivity index (χ0) is 12.5. The molecule has 0 spiro atoms. The van der Waals surface area contributed by atoms with E-state index >= 15 is 0 Å². The van der Waals surface area contributed by atoms with E-state index in [9.17, 15) is 0 Å². The molecule has 1 aromatic rings. The number of hydrogen-bond donors (Lipinski definition) is 1. The summed E-state index contributed by atoms with van der Waals surface area (Å²) in [5.41, 5.74) is 7.81. The first kappa shape index (κ1) is 13.3. The summed E-state index contributed by atoms with van der Waals surface area (Å²) in [5.74, 6) is 0.966. The quantitative estimate of drug-likeness (QED) is 0.894. The molecule has 0 radical (unpaired) electrons. The van der Waals surface area contributed by atoms with Crippen LogP contribution in [-0.4, -0.2) is 11.3 Å². The van der Waals surface area contributed by atoms with Crippen molar-refractivity contribution in [3.63, 3.8) is 0 Å². The van der Waals surface area contributed by atoms with Crippen LogP contribution in [0.1, 0.15) is 32.3 Å². The number of hydrogen-bond acceptors (Lipinski definition) is 2. The van der Waals surface area contributed by atoms with Crippen molar-refractivity contribution in [2.75, 3.05) is 0 Å². The van der Waals surface area contributed by atoms with E-state index in [0.29, 0.717) is 11.3 Å². The van der Waals surface area contributed by atoms with Crippen molar-refractivity contribution in [2.45, 2.75) is 43.7 Å². The van der Waals surface area contributed by atoms with Crippen LogP contribution in [0, 0.1) is 5.41 Å². The Morgan fingerprint density at radius 1 is 1.41 bits per heavy atom. The van der Waals surface area contributed by atoms with Crippen molar-refractivity contribution in [1.82, 2.24) is 0 Å². The minimum absolute atomic E-state index is 0.290. The van der Waals surface area contributed by atoms with Gasteiger partial charge in [0.25, 0.3) is 0 Å². The number of thioether (sulfide) groups is 1. The molecule has 0 saturated heterocycles. The predicted octanol–water partition coefficient (Wildman–Crippen LogP) is 4.09. The lowest BCUT2D eigenvalue weighted by molar-refractivity contribution is 0.334. The van der Waals surface area contributed by atoms with Crippen molar-refractivity contribution in [3.8, 4) is 0 Å². The standard InChI is InChI=1S/C14H20ClNS/c1-14(2)8-7-12(13(14)16)17-9-10-5-3-4-6-11(10)15/h3-6,12-13H,7-9,16H2,1-2H3. The number of nitrogens with two attached hydrogens (primary N) is 1. The molecule has 2 atom stereocenters. The van der Waals surface area contributed by atoms with Crippen molar-refractivity contribution in [3.05, 3.63) is 34.9 Å². The average Bonchev–Trinajstić information content (AvgIpc) is 2.54. The Balaban J connectivity index is 1.94. The largest absolute Gasteiger partial charge is 0.326 e. The molecule has 2 rings (SSSR count). The number of halogens is 1. The van der Waals surface area contributed by atoms with E-state index in [-0.39, 0.29) is 5.41 Å². The summed E-state index contributed by atoms with van der Waals surface area (Å²) in [6.07, 6.45) is 2.46. The second-order valence-electron chi connectivity index (χ2n) is 5.49. The van der Waals surface area contributed by atoms with E-state index in [1.54, 1.807) is 0 Å². The van der Waals surface area contributed by atoms with Gasteiger partial charge in [-0.3, -0.25) is 0 Å². The molecule has 0 aromatic heterocycles. The molecule has 1 saturated carbocycles. The van der Waals surface area contributed by atoms with Crippen LogP contribution in [0.4, 0.5) is 0 Å². The molecular weight excluding hydrogens is 250 g/mol. The summed E-state index contributed by atoms with van der Waals surface area (Å²) in [7, 11) is 0. The van der Waals surface area contributed by atoms with E-state index in [1.165, 1.54) is 18.4 Å². The van der Waals surface area contributed by atoms with E-state index in [1.807, 2.05) is 30.0 Å². The van der Waals surface area contributed by atoms with E-state index in [4.69, 9.17) is 17.3 Å². The van der Waals surface area contributed by atoms with Gasteiger partial charge in [-0.25, -0.2) is 0 Å². The molecule has 0 heterocycles. The lowest BCUT2D eigenvalue weighted by Crippen LogP contribution is -2.38. The number of rotatable bonds is 3. The van der Waals surface area contributed by atoms with Crippen LogP contribution in [0.5, 0.6) is 0 Å². The Bertz CT molecular complexity index is 392. The summed E-state index contributed by atoms with van der Waals surface area (Å²) >= 11 is 8.11. The molecule has 0 aliphatic heterocycles. The van der Waals surface area contributed by atoms with E-state index in [2.05, 4.69) is 19.9 Å². The minimum atomic E-state index is 0.290. The van der Waals surface area contributed by atoms with Gasteiger partial charge < -0.3 is 5.73 Å². The Morgan fingerprint density at radius 2 is 2.12 bits per heavy atom. The Morgan fingerprint density at radius 3 is 2.71 bits per heavy atom. The van der Waals surface area contributed by atoms with Crippen LogP contribution >= 0.6 is 23.4 Å². The molecule has 1 aromatic carbocycles. The monoisotopic (exact) mass is 269 g/mol. The van der Waals surface area contributed by atoms with E-state index in [0.717, 1.165) is 10.8 Å². The summed E-state index contributed by atoms with van der Waals surface area (Å²) < 4.78 is 0. The third-order valence-corrected chi connectivity index (χ3v) is 5.59. The van der Waals surface area contributed by atoms with Gasteiger partial charge in [-0.2, -0.15) is 11.8 Å². The molecule has 17 heavy (non-hydrogen) atoms. The first-order valence-electron chi connectivity index (χ1n) is 6.11. The van der Waals surface area contributed by atoms with Gasteiger partial charge in [0, 0.05) is 22.1 Å². The lowest BCUT2D eigenvalue weighted by Gasteiger charge is -2.26. The number of benzene rings is 1. The topological polar surface area (TPSA) is 26.0 Å². The fourth-order valence-electron chi connectivity index (χ4n) is 2.36. The first-order valence-corrected chi connectivity index (χ1v) is 7.54. The first-order chi connectivity index (χ1) is 8.00. The van der Waals surface area contributed by atoms with Gasteiger partial charge in [-0.15, -0.1) is 0 Å². The molecule has 2 unspecified atom stereocenters. The molecule has 0 bridgehead atoms. The van der Waals surface area contributed by atoms with Gasteiger partial charge in [0.05, 0.1) is 0 Å². The fraction of sp³-hybridized carbons (Fsp3) is 0.571. The highest BCUT2D eigenvalue weighted by Gasteiger charge is 2.39. The summed E-state index contributed by atoms with van der Waals surface area (Å²) in [4.78, 5) is 0. The highest BCUT2D eigenvalue weighted by Crippen LogP contribution is 2.42. The fourth-order valence-corrected chi connectivity index (χ4v) is 4.15. The molecule has 1 aliphatic carbocycles. The molecule has 94 valence electrons. The van der Waals surface area contributed by atoms with Crippen molar-refractivity contribution in [1.29, 1.82) is 0 Å². The van der Waals surface area contributed by atoms with Gasteiger partial charge in [0.2, 0.25) is 0 Å². The van der Waals surface area contributed by atoms with Crippen LogP contribution in [0.3, 0.4) is 0 Å². The van der Waals surface area contributed by atoms with Gasteiger partial charge in [0.15, 0.2) is 0 Å². The van der Waals surface area contributed by atoms with Crippen LogP contribution in [0.25, 0.3) is 0 Å². The van der Waals surface area contributed by atoms with Gasteiger partial charge in [-0.1, -0.05) is 43.6 Å². The second kappa shape index (κ2) is 5.21. The Kier molecular flexibility index (Phi) is 4.06. The Labute approximate surface area is 113 Å². The zero-order valence-corrected chi connectivity index (χ0v) is 12.0. The predicted molar refractivity (Wildman–Crippen MR) is 77.5 cm³/mol. The highest BCUT2D eigenvalue weighted by atomic mass is 35.5. The maximum absolute atomic E-state index is 6.31.